The molecule has 1 unspecified atom stereocenters. The standard InChI is InChI=1S/C7H10N2O.ClH/c8-7(5-10)6-1-3-9-4-2-6;/h1-4,7,10H,5,8H2;1H. The third-order valence-corrected chi connectivity index (χ3v) is 1.33. The molecule has 0 radical (unpaired) electrons. The van der Waals surface area contributed by atoms with E-state index < -0.39 is 0 Å². The van der Waals surface area contributed by atoms with Gasteiger partial charge in [-0.2, -0.15) is 0 Å². The number of halogens is 1. The summed E-state index contributed by atoms with van der Waals surface area (Å²) in [6.45, 7) is -0.0238. The van der Waals surface area contributed by atoms with Gasteiger partial charge in [-0.1, -0.05) is 0 Å². The average Bonchev–Trinajstić information content (AvgIpc) is 2.05. The molecule has 0 amide bonds. The van der Waals surface area contributed by atoms with Crippen molar-refractivity contribution in [3.8, 4) is 0 Å². The second-order valence-corrected chi connectivity index (χ2v) is 2.07. The smallest absolute Gasteiger partial charge is 0.0624 e. The predicted octanol–water partition coefficient (Wildman–Crippen LogP) is 0.496. The molecule has 4 heteroatoms. The van der Waals surface area contributed by atoms with Gasteiger partial charge in [0.15, 0.2) is 0 Å². The first-order chi connectivity index (χ1) is 4.84. The zero-order valence-corrected chi connectivity index (χ0v) is 6.79. The molecule has 0 aliphatic heterocycles. The predicted molar refractivity (Wildman–Crippen MR) is 45.5 cm³/mol. The fourth-order valence-corrected chi connectivity index (χ4v) is 0.716. The zero-order valence-electron chi connectivity index (χ0n) is 5.97. The maximum absolute atomic E-state index is 8.64. The Balaban J connectivity index is 0.000001000. The number of pyridine rings is 1. The van der Waals surface area contributed by atoms with E-state index in [1.807, 2.05) is 0 Å². The van der Waals surface area contributed by atoms with Gasteiger partial charge in [0.2, 0.25) is 0 Å². The van der Waals surface area contributed by atoms with Gasteiger partial charge in [0.25, 0.3) is 0 Å². The molecule has 0 fully saturated rings. The quantitative estimate of drug-likeness (QED) is 0.687. The van der Waals surface area contributed by atoms with Crippen LogP contribution in [0.3, 0.4) is 0 Å². The van der Waals surface area contributed by atoms with E-state index in [1.54, 1.807) is 24.5 Å². The third-order valence-electron chi connectivity index (χ3n) is 1.33. The van der Waals surface area contributed by atoms with Crippen LogP contribution in [0.5, 0.6) is 0 Å². The molecule has 0 saturated carbocycles. The van der Waals surface area contributed by atoms with Gasteiger partial charge in [-0.3, -0.25) is 4.98 Å². The molecule has 0 bridgehead atoms. The number of rotatable bonds is 2. The second-order valence-electron chi connectivity index (χ2n) is 2.07. The van der Waals surface area contributed by atoms with E-state index in [2.05, 4.69) is 4.98 Å². The average molecular weight is 175 g/mol. The molecule has 0 aliphatic rings. The molecule has 3 N–H and O–H groups in total. The molecule has 62 valence electrons. The molecule has 11 heavy (non-hydrogen) atoms. The maximum atomic E-state index is 8.64. The highest BCUT2D eigenvalue weighted by atomic mass is 35.5. The summed E-state index contributed by atoms with van der Waals surface area (Å²) >= 11 is 0. The Morgan fingerprint density at radius 2 is 2.00 bits per heavy atom. The number of hydrogen-bond acceptors (Lipinski definition) is 3. The summed E-state index contributed by atoms with van der Waals surface area (Å²) in [7, 11) is 0. The fourth-order valence-electron chi connectivity index (χ4n) is 0.716. The lowest BCUT2D eigenvalue weighted by Crippen LogP contribution is -2.14. The van der Waals surface area contributed by atoms with Crippen molar-refractivity contribution in [2.75, 3.05) is 6.61 Å². The van der Waals surface area contributed by atoms with Crippen LogP contribution in [0.25, 0.3) is 0 Å². The van der Waals surface area contributed by atoms with Gasteiger partial charge in [-0.05, 0) is 17.7 Å². The highest BCUT2D eigenvalue weighted by Crippen LogP contribution is 2.05. The van der Waals surface area contributed by atoms with Crippen molar-refractivity contribution < 1.29 is 5.11 Å². The monoisotopic (exact) mass is 174 g/mol. The van der Waals surface area contributed by atoms with E-state index in [0.717, 1.165) is 5.56 Å². The van der Waals surface area contributed by atoms with Crippen LogP contribution in [0, 0.1) is 0 Å². The molecule has 0 saturated heterocycles. The molecule has 0 aromatic carbocycles. The summed E-state index contributed by atoms with van der Waals surface area (Å²) in [4.78, 5) is 3.82. The Labute approximate surface area is 71.7 Å². The number of aromatic nitrogens is 1. The molecule has 3 nitrogen and oxygen atoms in total. The van der Waals surface area contributed by atoms with Crippen molar-refractivity contribution in [2.24, 2.45) is 5.73 Å². The minimum atomic E-state index is -0.275. The first-order valence-corrected chi connectivity index (χ1v) is 3.11. The zero-order chi connectivity index (χ0) is 7.40. The van der Waals surface area contributed by atoms with Crippen LogP contribution in [0.2, 0.25) is 0 Å². The molecular weight excluding hydrogens is 164 g/mol. The summed E-state index contributed by atoms with van der Waals surface area (Å²) in [6.07, 6.45) is 3.32. The maximum Gasteiger partial charge on any atom is 0.0624 e. The van der Waals surface area contributed by atoms with E-state index in [4.69, 9.17) is 10.8 Å². The van der Waals surface area contributed by atoms with E-state index in [9.17, 15) is 0 Å². The molecule has 0 spiro atoms. The molecule has 1 aromatic heterocycles. The van der Waals surface area contributed by atoms with Crippen LogP contribution in [0.1, 0.15) is 11.6 Å². The highest BCUT2D eigenvalue weighted by Gasteiger charge is 2.00. The third kappa shape index (κ3) is 2.84. The van der Waals surface area contributed by atoms with Crippen LogP contribution >= 0.6 is 12.4 Å². The molecular formula is C7H11ClN2O. The Kier molecular flexibility index (Phi) is 4.77. The van der Waals surface area contributed by atoms with Crippen LogP contribution in [0.4, 0.5) is 0 Å². The summed E-state index contributed by atoms with van der Waals surface area (Å²) in [5.74, 6) is 0. The van der Waals surface area contributed by atoms with Crippen molar-refractivity contribution >= 4 is 12.4 Å². The van der Waals surface area contributed by atoms with E-state index in [0.29, 0.717) is 0 Å². The number of nitrogens with two attached hydrogens (primary N) is 1. The van der Waals surface area contributed by atoms with Gasteiger partial charge >= 0.3 is 0 Å². The Morgan fingerprint density at radius 1 is 1.45 bits per heavy atom. The van der Waals surface area contributed by atoms with E-state index in [1.165, 1.54) is 0 Å². The van der Waals surface area contributed by atoms with Crippen LogP contribution in [-0.4, -0.2) is 16.7 Å². The van der Waals surface area contributed by atoms with Crippen molar-refractivity contribution in [1.29, 1.82) is 0 Å². The van der Waals surface area contributed by atoms with Gasteiger partial charge in [0.05, 0.1) is 12.6 Å². The van der Waals surface area contributed by atoms with Crippen molar-refractivity contribution in [3.05, 3.63) is 30.1 Å². The van der Waals surface area contributed by atoms with Crippen molar-refractivity contribution in [1.82, 2.24) is 4.98 Å². The summed E-state index contributed by atoms with van der Waals surface area (Å²) < 4.78 is 0. The van der Waals surface area contributed by atoms with E-state index in [-0.39, 0.29) is 25.1 Å². The van der Waals surface area contributed by atoms with Gasteiger partial charge in [-0.25, -0.2) is 0 Å². The number of aliphatic hydroxyl groups is 1. The number of hydrogen-bond donors (Lipinski definition) is 2. The summed E-state index contributed by atoms with van der Waals surface area (Å²) in [5, 5.41) is 8.64. The first kappa shape index (κ1) is 10.4. The van der Waals surface area contributed by atoms with Crippen molar-refractivity contribution in [2.45, 2.75) is 6.04 Å². The van der Waals surface area contributed by atoms with Crippen LogP contribution in [-0.2, 0) is 0 Å². The SMILES string of the molecule is Cl.NC(CO)c1ccncc1. The van der Waals surface area contributed by atoms with Gasteiger partial charge in [0.1, 0.15) is 0 Å². The summed E-state index contributed by atoms with van der Waals surface area (Å²) in [5.41, 5.74) is 6.43. The number of nitrogens with zero attached hydrogens (tertiary/aromatic N) is 1. The largest absolute Gasteiger partial charge is 0.394 e. The lowest BCUT2D eigenvalue weighted by molar-refractivity contribution is 0.268. The Morgan fingerprint density at radius 3 is 2.45 bits per heavy atom. The van der Waals surface area contributed by atoms with Crippen molar-refractivity contribution in [3.63, 3.8) is 0 Å². The molecule has 1 aromatic rings. The number of aliphatic hydroxyl groups excluding tert-OH is 1. The van der Waals surface area contributed by atoms with Crippen LogP contribution < -0.4 is 5.73 Å². The second kappa shape index (κ2) is 5.07. The first-order valence-electron chi connectivity index (χ1n) is 3.11. The summed E-state index contributed by atoms with van der Waals surface area (Å²) in [6, 6.07) is 3.31. The Bertz CT molecular complexity index is 193. The lowest BCUT2D eigenvalue weighted by atomic mass is 10.1. The van der Waals surface area contributed by atoms with E-state index >= 15 is 0 Å². The molecule has 1 heterocycles. The molecule has 1 atom stereocenters. The minimum absolute atomic E-state index is 0. The Hall–Kier alpha value is -0.640. The fraction of sp³-hybridized carbons (Fsp3) is 0.286. The normalized spacial score (nSPS) is 11.8. The van der Waals surface area contributed by atoms with Gasteiger partial charge in [0, 0.05) is 12.4 Å². The van der Waals surface area contributed by atoms with Gasteiger partial charge in [-0.15, -0.1) is 12.4 Å². The molecule has 1 rings (SSSR count). The minimum Gasteiger partial charge on any atom is -0.394 e. The molecule has 0 aliphatic carbocycles. The lowest BCUT2D eigenvalue weighted by Gasteiger charge is -2.05. The topological polar surface area (TPSA) is 59.1 Å². The highest BCUT2D eigenvalue weighted by molar-refractivity contribution is 5.85. The van der Waals surface area contributed by atoms with Gasteiger partial charge < -0.3 is 10.8 Å². The van der Waals surface area contributed by atoms with Crippen LogP contribution in [0.15, 0.2) is 24.5 Å².